The molecule has 1 saturated carbocycles. The molecule has 6 nitrogen and oxygen atoms in total. The fourth-order valence-electron chi connectivity index (χ4n) is 3.41. The van der Waals surface area contributed by atoms with Crippen LogP contribution in [-0.4, -0.2) is 29.2 Å². The molecule has 0 unspecified atom stereocenters. The fraction of sp³-hybridized carbons (Fsp3) is 0.412. The summed E-state index contributed by atoms with van der Waals surface area (Å²) in [5, 5.41) is 11.7. The number of likely N-dealkylation sites (tertiary alicyclic amines) is 1. The monoisotopic (exact) mass is 345 g/mol. The minimum absolute atomic E-state index is 0.231. The molecule has 3 amide bonds. The second-order valence-corrected chi connectivity index (χ2v) is 6.52. The molecule has 3 rings (SSSR count). The summed E-state index contributed by atoms with van der Waals surface area (Å²) in [6, 6.07) is 6.45. The molecule has 0 spiro atoms. The van der Waals surface area contributed by atoms with Crippen LogP contribution >= 0.6 is 11.6 Å². The predicted octanol–water partition coefficient (Wildman–Crippen LogP) is 2.33. The van der Waals surface area contributed by atoms with Crippen molar-refractivity contribution in [1.82, 2.24) is 4.90 Å². The summed E-state index contributed by atoms with van der Waals surface area (Å²) < 4.78 is 0. The number of halogens is 1. The number of benzene rings is 1. The fourth-order valence-corrected chi connectivity index (χ4v) is 3.64. The zero-order chi connectivity index (χ0) is 17.3. The second-order valence-electron chi connectivity index (χ2n) is 6.11. The van der Waals surface area contributed by atoms with Crippen molar-refractivity contribution in [3.05, 3.63) is 28.8 Å². The Hall–Kier alpha value is -2.39. The Morgan fingerprint density at radius 1 is 1.25 bits per heavy atom. The molecule has 1 aromatic carbocycles. The van der Waals surface area contributed by atoms with Gasteiger partial charge in [-0.3, -0.25) is 19.3 Å². The van der Waals surface area contributed by atoms with E-state index in [1.54, 1.807) is 6.07 Å². The lowest BCUT2D eigenvalue weighted by Crippen LogP contribution is -2.38. The quantitative estimate of drug-likeness (QED) is 0.851. The van der Waals surface area contributed by atoms with Crippen molar-refractivity contribution < 1.29 is 14.4 Å². The summed E-state index contributed by atoms with van der Waals surface area (Å²) in [4.78, 5) is 37.9. The number of carbonyl (C=O) groups excluding carboxylic acids is 3. The van der Waals surface area contributed by atoms with Gasteiger partial charge in [-0.05, 0) is 31.0 Å². The highest BCUT2D eigenvalue weighted by atomic mass is 35.5. The Kier molecular flexibility index (Phi) is 4.54. The first-order valence-electron chi connectivity index (χ1n) is 7.86. The third-order valence-corrected chi connectivity index (χ3v) is 4.92. The van der Waals surface area contributed by atoms with Gasteiger partial charge in [0.25, 0.3) is 0 Å². The van der Waals surface area contributed by atoms with Crippen LogP contribution in [0.4, 0.5) is 5.69 Å². The maximum absolute atomic E-state index is 12.3. The molecule has 2 fully saturated rings. The molecule has 7 heteroatoms. The number of anilines is 1. The van der Waals surface area contributed by atoms with Gasteiger partial charge in [0.2, 0.25) is 17.7 Å². The molecule has 0 radical (unpaired) electrons. The van der Waals surface area contributed by atoms with Crippen LogP contribution in [0.5, 0.6) is 0 Å². The van der Waals surface area contributed by atoms with E-state index in [2.05, 4.69) is 5.32 Å². The number of hydrogen-bond donors (Lipinski definition) is 1. The Bertz CT molecular complexity index is 732. The second kappa shape index (κ2) is 6.62. The van der Waals surface area contributed by atoms with Gasteiger partial charge in [0.15, 0.2) is 0 Å². The van der Waals surface area contributed by atoms with Gasteiger partial charge in [-0.25, -0.2) is 0 Å². The Balaban J connectivity index is 1.67. The molecule has 2 aliphatic rings. The number of rotatable bonds is 3. The smallest absolute Gasteiger partial charge is 0.244 e. The van der Waals surface area contributed by atoms with Crippen molar-refractivity contribution in [2.24, 2.45) is 11.8 Å². The minimum atomic E-state index is -0.462. The first kappa shape index (κ1) is 16.5. The van der Waals surface area contributed by atoms with Crippen LogP contribution in [0.1, 0.15) is 31.2 Å². The molecular weight excluding hydrogens is 330 g/mol. The topological polar surface area (TPSA) is 90.3 Å². The van der Waals surface area contributed by atoms with Gasteiger partial charge in [-0.2, -0.15) is 5.26 Å². The number of nitrogens with zero attached hydrogens (tertiary/aromatic N) is 2. The molecule has 1 aromatic rings. The number of nitrogens with one attached hydrogen (secondary N) is 1. The van der Waals surface area contributed by atoms with Crippen molar-refractivity contribution in [3.8, 4) is 6.07 Å². The van der Waals surface area contributed by atoms with E-state index in [4.69, 9.17) is 16.9 Å². The Morgan fingerprint density at radius 2 is 1.88 bits per heavy atom. The van der Waals surface area contributed by atoms with E-state index in [1.165, 1.54) is 12.1 Å². The van der Waals surface area contributed by atoms with Gasteiger partial charge in [0.05, 0.1) is 22.4 Å². The molecule has 1 aliphatic carbocycles. The highest BCUT2D eigenvalue weighted by molar-refractivity contribution is 6.32. The molecule has 1 heterocycles. The SMILES string of the molecule is N#Cc1ccc(NC(=O)CN2C(=O)[C@@H]3CCCC[C@H]3C2=O)cc1Cl. The van der Waals surface area contributed by atoms with E-state index in [-0.39, 0.29) is 35.2 Å². The zero-order valence-corrected chi connectivity index (χ0v) is 13.7. The van der Waals surface area contributed by atoms with Crippen LogP contribution in [0.25, 0.3) is 0 Å². The molecule has 0 bridgehead atoms. The van der Waals surface area contributed by atoms with Crippen LogP contribution in [0.3, 0.4) is 0 Å². The highest BCUT2D eigenvalue weighted by Crippen LogP contribution is 2.37. The lowest BCUT2D eigenvalue weighted by molar-refractivity contribution is -0.142. The molecule has 2 atom stereocenters. The van der Waals surface area contributed by atoms with Gasteiger partial charge < -0.3 is 5.32 Å². The van der Waals surface area contributed by atoms with Crippen molar-refractivity contribution in [3.63, 3.8) is 0 Å². The first-order chi connectivity index (χ1) is 11.5. The van der Waals surface area contributed by atoms with Crippen LogP contribution in [0.15, 0.2) is 18.2 Å². The van der Waals surface area contributed by atoms with Gasteiger partial charge in [-0.1, -0.05) is 24.4 Å². The van der Waals surface area contributed by atoms with Crippen molar-refractivity contribution in [2.75, 3.05) is 11.9 Å². The standard InChI is InChI=1S/C17H16ClN3O3/c18-14-7-11(6-5-10(14)8-19)20-15(22)9-21-16(23)12-3-1-2-4-13(12)17(21)24/h5-7,12-13H,1-4,9H2,(H,20,22)/t12-,13-/m1/s1. The molecule has 1 N–H and O–H groups in total. The van der Waals surface area contributed by atoms with E-state index in [0.717, 1.165) is 30.6 Å². The largest absolute Gasteiger partial charge is 0.324 e. The van der Waals surface area contributed by atoms with E-state index in [1.807, 2.05) is 6.07 Å². The molecule has 1 saturated heterocycles. The lowest BCUT2D eigenvalue weighted by Gasteiger charge is -2.19. The van der Waals surface area contributed by atoms with Crippen LogP contribution in [0.2, 0.25) is 5.02 Å². The normalized spacial score (nSPS) is 22.9. The average molecular weight is 346 g/mol. The maximum Gasteiger partial charge on any atom is 0.244 e. The van der Waals surface area contributed by atoms with E-state index < -0.39 is 5.91 Å². The van der Waals surface area contributed by atoms with E-state index >= 15 is 0 Å². The average Bonchev–Trinajstić information content (AvgIpc) is 2.80. The Labute approximate surface area is 144 Å². The summed E-state index contributed by atoms with van der Waals surface area (Å²) in [5.74, 6) is -1.46. The molecular formula is C17H16ClN3O3. The van der Waals surface area contributed by atoms with Crippen molar-refractivity contribution >= 4 is 35.0 Å². The summed E-state index contributed by atoms with van der Waals surface area (Å²) >= 11 is 5.92. The molecule has 124 valence electrons. The minimum Gasteiger partial charge on any atom is -0.324 e. The summed E-state index contributed by atoms with van der Waals surface area (Å²) in [7, 11) is 0. The van der Waals surface area contributed by atoms with Gasteiger partial charge in [0, 0.05) is 5.69 Å². The first-order valence-corrected chi connectivity index (χ1v) is 8.24. The zero-order valence-electron chi connectivity index (χ0n) is 12.9. The molecule has 1 aliphatic heterocycles. The number of fused-ring (bicyclic) bond motifs is 1. The number of nitriles is 1. The van der Waals surface area contributed by atoms with E-state index in [0.29, 0.717) is 11.3 Å². The Morgan fingerprint density at radius 3 is 2.42 bits per heavy atom. The lowest BCUT2D eigenvalue weighted by atomic mass is 9.81. The van der Waals surface area contributed by atoms with E-state index in [9.17, 15) is 14.4 Å². The van der Waals surface area contributed by atoms with Crippen molar-refractivity contribution in [1.29, 1.82) is 5.26 Å². The van der Waals surface area contributed by atoms with Crippen molar-refractivity contribution in [2.45, 2.75) is 25.7 Å². The number of imide groups is 1. The van der Waals surface area contributed by atoms with Gasteiger partial charge >= 0.3 is 0 Å². The van der Waals surface area contributed by atoms with Crippen LogP contribution in [-0.2, 0) is 14.4 Å². The van der Waals surface area contributed by atoms with Crippen LogP contribution in [0, 0.1) is 23.2 Å². The summed E-state index contributed by atoms with van der Waals surface area (Å²) in [6.45, 7) is -0.289. The highest BCUT2D eigenvalue weighted by Gasteiger charge is 2.48. The molecule has 24 heavy (non-hydrogen) atoms. The van der Waals surface area contributed by atoms with Gasteiger partial charge in [0.1, 0.15) is 12.6 Å². The third kappa shape index (κ3) is 3.00. The van der Waals surface area contributed by atoms with Gasteiger partial charge in [-0.15, -0.1) is 0 Å². The molecule has 0 aromatic heterocycles. The third-order valence-electron chi connectivity index (χ3n) is 4.61. The number of hydrogen-bond acceptors (Lipinski definition) is 4. The number of amides is 3. The van der Waals surface area contributed by atoms with Crippen LogP contribution < -0.4 is 5.32 Å². The summed E-state index contributed by atoms with van der Waals surface area (Å²) in [5.41, 5.74) is 0.726. The summed E-state index contributed by atoms with van der Waals surface area (Å²) in [6.07, 6.45) is 3.34. The maximum atomic E-state index is 12.3. The number of carbonyl (C=O) groups is 3. The predicted molar refractivity (Wildman–Crippen MR) is 87.0 cm³/mol.